The van der Waals surface area contributed by atoms with Crippen molar-refractivity contribution in [3.05, 3.63) is 29.3 Å². The third kappa shape index (κ3) is 5.19. The largest absolute Gasteiger partial charge is 0.472 e. The number of rotatable bonds is 2. The molecule has 3 aliphatic rings. The molecular formula is C21H25FN10O10P2. The van der Waals surface area contributed by atoms with Crippen LogP contribution in [-0.4, -0.2) is 92.2 Å². The van der Waals surface area contributed by atoms with Gasteiger partial charge in [-0.05, 0) is 6.42 Å². The first-order valence-corrected chi connectivity index (χ1v) is 16.4. The number of aromatic nitrogens is 8. The molecule has 0 aromatic carbocycles. The number of ether oxygens (including phenoxy) is 2. The number of nitrogen functional groups attached to an aromatic ring is 2. The fourth-order valence-corrected chi connectivity index (χ4v) is 7.81. The summed E-state index contributed by atoms with van der Waals surface area (Å²) in [5.41, 5.74) is 11.3. The van der Waals surface area contributed by atoms with Crippen molar-refractivity contribution in [1.82, 2.24) is 39.0 Å². The molecule has 0 amide bonds. The van der Waals surface area contributed by atoms with Crippen molar-refractivity contribution in [2.45, 2.75) is 55.9 Å². The number of phosphoric ester groups is 1. The van der Waals surface area contributed by atoms with Crippen LogP contribution in [0.15, 0.2) is 23.8 Å². The molecule has 7 N–H and O–H groups in total. The maximum absolute atomic E-state index is 15.9. The van der Waals surface area contributed by atoms with E-state index in [1.807, 2.05) is 0 Å². The minimum Gasteiger partial charge on any atom is -0.382 e. The van der Waals surface area contributed by atoms with Crippen LogP contribution in [0.25, 0.3) is 22.3 Å². The highest BCUT2D eigenvalue weighted by molar-refractivity contribution is 7.52. The van der Waals surface area contributed by atoms with Gasteiger partial charge in [0, 0.05) is 6.42 Å². The van der Waals surface area contributed by atoms with Crippen LogP contribution in [0.2, 0.25) is 0 Å². The Kier molecular flexibility index (Phi) is 7.07. The highest BCUT2D eigenvalue weighted by atomic mass is 31.2. The first-order chi connectivity index (χ1) is 20.9. The van der Waals surface area contributed by atoms with Crippen molar-refractivity contribution in [2.75, 3.05) is 24.2 Å². The third-order valence-electron chi connectivity index (χ3n) is 7.52. The Labute approximate surface area is 244 Å². The summed E-state index contributed by atoms with van der Waals surface area (Å²) in [6.45, 7) is -0.654. The molecule has 7 rings (SSSR count). The summed E-state index contributed by atoms with van der Waals surface area (Å²) in [4.78, 5) is 56.0. The lowest BCUT2D eigenvalue weighted by Gasteiger charge is -2.27. The summed E-state index contributed by atoms with van der Waals surface area (Å²) >= 11 is 0. The van der Waals surface area contributed by atoms with Gasteiger partial charge in [-0.25, -0.2) is 28.9 Å². The molecule has 44 heavy (non-hydrogen) atoms. The van der Waals surface area contributed by atoms with E-state index in [-0.39, 0.29) is 46.9 Å². The molecule has 4 aromatic heterocycles. The predicted octanol–water partition coefficient (Wildman–Crippen LogP) is 0.123. The van der Waals surface area contributed by atoms with Crippen molar-refractivity contribution in [2.24, 2.45) is 0 Å². The first-order valence-electron chi connectivity index (χ1n) is 13.2. The molecule has 9 atom stereocenters. The topological polar surface area (TPSA) is 280 Å². The first kappa shape index (κ1) is 29.3. The third-order valence-corrected chi connectivity index (χ3v) is 9.93. The molecule has 0 aliphatic carbocycles. The Morgan fingerprint density at radius 3 is 2.57 bits per heavy atom. The number of hydrogen-bond acceptors (Lipinski definition) is 15. The lowest BCUT2D eigenvalue weighted by molar-refractivity contribution is -0.0493. The number of nitrogens with zero attached hydrogens (tertiary/aromatic N) is 7. The predicted molar refractivity (Wildman–Crippen MR) is 144 cm³/mol. The smallest absolute Gasteiger partial charge is 0.382 e. The van der Waals surface area contributed by atoms with Crippen molar-refractivity contribution in [3.63, 3.8) is 0 Å². The number of aromatic amines is 1. The summed E-state index contributed by atoms with van der Waals surface area (Å²) in [5, 5.41) is 0. The molecule has 2 unspecified atom stereocenters. The summed E-state index contributed by atoms with van der Waals surface area (Å²) in [7, 11) is -9.37. The van der Waals surface area contributed by atoms with E-state index in [0.29, 0.717) is 0 Å². The van der Waals surface area contributed by atoms with Gasteiger partial charge in [0.15, 0.2) is 35.0 Å². The monoisotopic (exact) mass is 658 g/mol. The molecule has 20 nitrogen and oxygen atoms in total. The van der Waals surface area contributed by atoms with Crippen LogP contribution in [0.5, 0.6) is 0 Å². The Morgan fingerprint density at radius 2 is 1.75 bits per heavy atom. The molecule has 3 fully saturated rings. The van der Waals surface area contributed by atoms with Crippen LogP contribution in [0.1, 0.15) is 25.3 Å². The van der Waals surface area contributed by atoms with Gasteiger partial charge in [0.05, 0.1) is 37.6 Å². The van der Waals surface area contributed by atoms with Crippen LogP contribution in [-0.2, 0) is 32.2 Å². The van der Waals surface area contributed by atoms with Crippen molar-refractivity contribution < 1.29 is 46.4 Å². The molecule has 236 valence electrons. The van der Waals surface area contributed by atoms with E-state index in [1.54, 1.807) is 0 Å². The molecule has 7 heterocycles. The van der Waals surface area contributed by atoms with Gasteiger partial charge < -0.3 is 35.3 Å². The molecule has 3 saturated heterocycles. The standard InChI is InChI=1S/C21H25FN10O10P2/c22-12-15-8(40-20(12)32-7-27-13-16(23)25-5-26-17(13)32)1-2-43(34,35)41-9-3-11(39-10(9)4-38-44(36,37)42-15)31-6-28-14-18(31)29-21(24)30-19(14)33/h5-12,15,20H,1-4H2,(H,34,35)(H,36,37)(H2,23,25,26)(H3,24,29,30,33)/t8-,9+,10-,11-,12-,15-,20-/m1/s1. The van der Waals surface area contributed by atoms with Crippen LogP contribution in [0.3, 0.4) is 0 Å². The zero-order chi connectivity index (χ0) is 31.0. The minimum absolute atomic E-state index is 0.0304. The molecule has 0 saturated carbocycles. The Morgan fingerprint density at radius 1 is 0.977 bits per heavy atom. The van der Waals surface area contributed by atoms with E-state index in [4.69, 9.17) is 34.5 Å². The van der Waals surface area contributed by atoms with Gasteiger partial charge in [-0.15, -0.1) is 0 Å². The number of nitrogens with one attached hydrogen (secondary N) is 1. The number of hydrogen-bond donors (Lipinski definition) is 5. The maximum atomic E-state index is 15.9. The summed E-state index contributed by atoms with van der Waals surface area (Å²) in [6, 6.07) is 0. The second-order valence-electron chi connectivity index (χ2n) is 10.4. The molecule has 3 aliphatic heterocycles. The quantitative estimate of drug-likeness (QED) is 0.179. The second-order valence-corrected chi connectivity index (χ2v) is 13.7. The zero-order valence-corrected chi connectivity index (χ0v) is 24.1. The van der Waals surface area contributed by atoms with Crippen molar-refractivity contribution in [3.8, 4) is 0 Å². The molecule has 0 bridgehead atoms. The zero-order valence-electron chi connectivity index (χ0n) is 22.3. The second kappa shape index (κ2) is 10.6. The van der Waals surface area contributed by atoms with Crippen LogP contribution in [0.4, 0.5) is 16.2 Å². The van der Waals surface area contributed by atoms with E-state index in [9.17, 15) is 23.7 Å². The van der Waals surface area contributed by atoms with Gasteiger partial charge in [-0.3, -0.25) is 32.5 Å². The number of nitrogens with two attached hydrogens (primary N) is 2. The number of H-pyrrole nitrogens is 1. The molecule has 4 aromatic rings. The van der Waals surface area contributed by atoms with Crippen LogP contribution in [0, 0.1) is 0 Å². The molecular weight excluding hydrogens is 633 g/mol. The number of imidazole rings is 2. The maximum Gasteiger partial charge on any atom is 0.472 e. The van der Waals surface area contributed by atoms with Crippen molar-refractivity contribution in [1.29, 1.82) is 0 Å². The lowest BCUT2D eigenvalue weighted by atomic mass is 10.1. The number of halogens is 1. The van der Waals surface area contributed by atoms with E-state index in [2.05, 4.69) is 29.9 Å². The highest BCUT2D eigenvalue weighted by Crippen LogP contribution is 2.54. The normalized spacial score (nSPS) is 36.6. The number of phosphoric acid groups is 1. The lowest BCUT2D eigenvalue weighted by Crippen LogP contribution is -2.34. The van der Waals surface area contributed by atoms with Gasteiger partial charge in [0.1, 0.15) is 30.3 Å². The summed E-state index contributed by atoms with van der Waals surface area (Å²) in [6.07, 6.45) is -7.01. The van der Waals surface area contributed by atoms with E-state index in [0.717, 1.165) is 6.33 Å². The Balaban J connectivity index is 1.15. The molecule has 0 radical (unpaired) electrons. The average Bonchev–Trinajstić information content (AvgIpc) is 3.72. The summed E-state index contributed by atoms with van der Waals surface area (Å²) in [5.74, 6) is -0.131. The SMILES string of the molecule is Nc1nc2c(ncn2[C@H]2C[C@@H]3OP(=O)(O)CC[C@H]4O[C@@H](n5cnc6c(N)ncnc65)[C@H](F)[C@@H]4OP(=O)(O)OC[C@H]3O2)c(=O)[nH]1. The minimum atomic E-state index is -4.97. The van der Waals surface area contributed by atoms with Gasteiger partial charge in [-0.1, -0.05) is 0 Å². The van der Waals surface area contributed by atoms with E-state index in [1.165, 1.54) is 21.8 Å². The van der Waals surface area contributed by atoms with Gasteiger partial charge in [0.2, 0.25) is 5.95 Å². The molecule has 0 spiro atoms. The van der Waals surface area contributed by atoms with E-state index < -0.39 is 76.8 Å². The van der Waals surface area contributed by atoms with Crippen LogP contribution < -0.4 is 17.0 Å². The van der Waals surface area contributed by atoms with Crippen LogP contribution >= 0.6 is 15.4 Å². The number of fused-ring (bicyclic) bond motifs is 4. The van der Waals surface area contributed by atoms with Gasteiger partial charge in [0.25, 0.3) is 5.56 Å². The van der Waals surface area contributed by atoms with Crippen molar-refractivity contribution >= 4 is 49.5 Å². The Hall–Kier alpha value is -3.39. The summed E-state index contributed by atoms with van der Waals surface area (Å²) < 4.78 is 72.5. The van der Waals surface area contributed by atoms with E-state index >= 15 is 4.39 Å². The number of anilines is 2. The number of alkyl halides is 1. The van der Waals surface area contributed by atoms with Gasteiger partial charge in [-0.2, -0.15) is 4.98 Å². The fourth-order valence-electron chi connectivity index (χ4n) is 5.52. The van der Waals surface area contributed by atoms with Gasteiger partial charge >= 0.3 is 15.4 Å². The fraction of sp³-hybridized carbons (Fsp3) is 0.524. The highest BCUT2D eigenvalue weighted by Gasteiger charge is 2.52. The molecule has 23 heteroatoms. The Bertz CT molecular complexity index is 1900. The average molecular weight is 658 g/mol.